The van der Waals surface area contributed by atoms with Crippen LogP contribution in [0.1, 0.15) is 23.8 Å². The van der Waals surface area contributed by atoms with Gasteiger partial charge in [-0.15, -0.1) is 11.8 Å². The number of aromatic nitrogens is 1. The molecule has 154 valence electrons. The molecule has 1 aliphatic heterocycles. The molecule has 1 atom stereocenters. The van der Waals surface area contributed by atoms with E-state index in [1.165, 1.54) is 5.56 Å². The summed E-state index contributed by atoms with van der Waals surface area (Å²) in [7, 11) is 0. The second kappa shape index (κ2) is 9.60. The van der Waals surface area contributed by atoms with Gasteiger partial charge in [0.2, 0.25) is 5.91 Å². The first-order chi connectivity index (χ1) is 13.9. The van der Waals surface area contributed by atoms with Crippen molar-refractivity contribution in [3.8, 4) is 0 Å². The van der Waals surface area contributed by atoms with Crippen molar-refractivity contribution in [3.63, 3.8) is 0 Å². The molecule has 3 rings (SSSR count). The fraction of sp³-hybridized carbons (Fsp3) is 0.400. The third-order valence-corrected chi connectivity index (χ3v) is 5.35. The lowest BCUT2D eigenvalue weighted by molar-refractivity contribution is -0.157. The number of nitrogens with one attached hydrogen (secondary N) is 1. The average Bonchev–Trinajstić information content (AvgIpc) is 3.11. The van der Waals surface area contributed by atoms with Gasteiger partial charge in [-0.25, -0.2) is 0 Å². The van der Waals surface area contributed by atoms with Crippen molar-refractivity contribution in [2.45, 2.75) is 32.9 Å². The van der Waals surface area contributed by atoms with Gasteiger partial charge in [-0.2, -0.15) is 0 Å². The van der Waals surface area contributed by atoms with E-state index in [0.29, 0.717) is 24.7 Å². The Bertz CT molecular complexity index is 898. The number of benzene rings is 1. The summed E-state index contributed by atoms with van der Waals surface area (Å²) in [5.41, 5.74) is 2.37. The van der Waals surface area contributed by atoms with Gasteiger partial charge in [-0.3, -0.25) is 14.4 Å². The van der Waals surface area contributed by atoms with Crippen molar-refractivity contribution in [1.82, 2.24) is 10.1 Å². The molecule has 2 aromatic rings. The van der Waals surface area contributed by atoms with Crippen LogP contribution in [0.25, 0.3) is 0 Å². The molecule has 0 unspecified atom stereocenters. The first kappa shape index (κ1) is 20.9. The predicted octanol–water partition coefficient (Wildman–Crippen LogP) is 2.17. The second-order valence-electron chi connectivity index (χ2n) is 6.77. The molecule has 8 nitrogen and oxygen atoms in total. The van der Waals surface area contributed by atoms with Crippen LogP contribution in [-0.2, 0) is 32.1 Å². The van der Waals surface area contributed by atoms with Crippen LogP contribution >= 0.6 is 11.8 Å². The van der Waals surface area contributed by atoms with Crippen LogP contribution in [0.5, 0.6) is 0 Å². The van der Waals surface area contributed by atoms with E-state index in [1.54, 1.807) is 24.8 Å². The Hall–Kier alpha value is -2.81. The van der Waals surface area contributed by atoms with Gasteiger partial charge in [0.15, 0.2) is 11.9 Å². The summed E-state index contributed by atoms with van der Waals surface area (Å²) in [6, 6.07) is 9.62. The number of nitrogens with zero attached hydrogens (tertiary/aromatic N) is 2. The molecule has 2 amide bonds. The standard InChI is InChI=1S/C20H23N3O5S/c1-13-9-17(22-28-13)21-18(24)11-29-12-19(25)27-14(2)20(26)23-8-7-15-5-3-4-6-16(15)10-23/h3-6,9,14H,7-8,10-12H2,1-2H3,(H,21,22,24)/t14-/m0/s1. The largest absolute Gasteiger partial charge is 0.452 e. The Morgan fingerprint density at radius 3 is 2.76 bits per heavy atom. The number of rotatable bonds is 7. The molecule has 0 saturated carbocycles. The van der Waals surface area contributed by atoms with Gasteiger partial charge in [0.25, 0.3) is 5.91 Å². The summed E-state index contributed by atoms with van der Waals surface area (Å²) in [6.07, 6.45) is -0.0706. The number of ether oxygens (including phenoxy) is 1. The highest BCUT2D eigenvalue weighted by molar-refractivity contribution is 8.00. The zero-order valence-electron chi connectivity index (χ0n) is 16.3. The highest BCUT2D eigenvalue weighted by atomic mass is 32.2. The van der Waals surface area contributed by atoms with E-state index < -0.39 is 12.1 Å². The topological polar surface area (TPSA) is 102 Å². The van der Waals surface area contributed by atoms with Crippen LogP contribution < -0.4 is 5.32 Å². The summed E-state index contributed by atoms with van der Waals surface area (Å²) in [6.45, 7) is 4.42. The van der Waals surface area contributed by atoms with Crippen LogP contribution in [0.3, 0.4) is 0 Å². The SMILES string of the molecule is Cc1cc(NC(=O)CSCC(=O)O[C@@H](C)C(=O)N2CCc3ccccc3C2)no1. The van der Waals surface area contributed by atoms with E-state index in [-0.39, 0.29) is 23.3 Å². The molecule has 1 aliphatic rings. The minimum Gasteiger partial charge on any atom is -0.452 e. The highest BCUT2D eigenvalue weighted by Gasteiger charge is 2.26. The number of anilines is 1. The van der Waals surface area contributed by atoms with Gasteiger partial charge in [-0.05, 0) is 31.4 Å². The maximum absolute atomic E-state index is 12.6. The number of thioether (sulfide) groups is 1. The van der Waals surface area contributed by atoms with Crippen LogP contribution in [0.15, 0.2) is 34.9 Å². The van der Waals surface area contributed by atoms with Crippen LogP contribution in [-0.4, -0.2) is 52.0 Å². The number of aryl methyl sites for hydroxylation is 1. The molecule has 0 fully saturated rings. The average molecular weight is 417 g/mol. The number of esters is 1. The number of hydrogen-bond donors (Lipinski definition) is 1. The van der Waals surface area contributed by atoms with Crippen molar-refractivity contribution in [1.29, 1.82) is 0 Å². The summed E-state index contributed by atoms with van der Waals surface area (Å²) >= 11 is 1.11. The van der Waals surface area contributed by atoms with E-state index >= 15 is 0 Å². The van der Waals surface area contributed by atoms with E-state index in [2.05, 4.69) is 16.5 Å². The zero-order valence-corrected chi connectivity index (χ0v) is 17.2. The van der Waals surface area contributed by atoms with Crippen LogP contribution in [0, 0.1) is 6.92 Å². The maximum atomic E-state index is 12.6. The van der Waals surface area contributed by atoms with Gasteiger partial charge in [0.1, 0.15) is 5.76 Å². The molecule has 1 aromatic heterocycles. The molecule has 9 heteroatoms. The highest BCUT2D eigenvalue weighted by Crippen LogP contribution is 2.19. The van der Waals surface area contributed by atoms with Crippen molar-refractivity contribution in [2.75, 3.05) is 23.4 Å². The predicted molar refractivity (Wildman–Crippen MR) is 108 cm³/mol. The van der Waals surface area contributed by atoms with Gasteiger partial charge in [0, 0.05) is 19.2 Å². The molecule has 1 aromatic carbocycles. The number of carbonyl (C=O) groups is 3. The molecule has 0 radical (unpaired) electrons. The lowest BCUT2D eigenvalue weighted by Crippen LogP contribution is -2.42. The van der Waals surface area contributed by atoms with E-state index in [0.717, 1.165) is 23.7 Å². The normalized spacial score (nSPS) is 14.1. The summed E-state index contributed by atoms with van der Waals surface area (Å²) < 4.78 is 10.1. The monoisotopic (exact) mass is 417 g/mol. The minimum atomic E-state index is -0.861. The van der Waals surface area contributed by atoms with Crippen molar-refractivity contribution < 1.29 is 23.6 Å². The fourth-order valence-corrected chi connectivity index (χ4v) is 3.65. The van der Waals surface area contributed by atoms with Gasteiger partial charge in [0.05, 0.1) is 11.5 Å². The first-order valence-corrected chi connectivity index (χ1v) is 10.4. The summed E-state index contributed by atoms with van der Waals surface area (Å²) in [5.74, 6) is -0.0780. The first-order valence-electron chi connectivity index (χ1n) is 9.28. The Balaban J connectivity index is 1.38. The lowest BCUT2D eigenvalue weighted by atomic mass is 9.99. The molecule has 29 heavy (non-hydrogen) atoms. The number of amides is 2. The number of carbonyl (C=O) groups excluding carboxylic acids is 3. The second-order valence-corrected chi connectivity index (χ2v) is 7.76. The maximum Gasteiger partial charge on any atom is 0.316 e. The minimum absolute atomic E-state index is 0.0221. The Labute approximate surface area is 172 Å². The molecule has 0 spiro atoms. The van der Waals surface area contributed by atoms with Crippen LogP contribution in [0.4, 0.5) is 5.82 Å². The van der Waals surface area contributed by atoms with E-state index in [9.17, 15) is 14.4 Å². The molecule has 2 heterocycles. The third-order valence-electron chi connectivity index (χ3n) is 4.45. The zero-order chi connectivity index (χ0) is 20.8. The molecular weight excluding hydrogens is 394 g/mol. The fourth-order valence-electron chi connectivity index (χ4n) is 3.05. The molecule has 0 saturated heterocycles. The van der Waals surface area contributed by atoms with Crippen molar-refractivity contribution in [2.24, 2.45) is 0 Å². The molecule has 0 aliphatic carbocycles. The molecular formula is C20H23N3O5S. The Kier molecular flexibility index (Phi) is 6.92. The van der Waals surface area contributed by atoms with Crippen molar-refractivity contribution >= 4 is 35.4 Å². The summed E-state index contributed by atoms with van der Waals surface area (Å²) in [4.78, 5) is 38.1. The van der Waals surface area contributed by atoms with Crippen LogP contribution in [0.2, 0.25) is 0 Å². The Morgan fingerprint density at radius 1 is 1.28 bits per heavy atom. The van der Waals surface area contributed by atoms with Crippen molar-refractivity contribution in [3.05, 3.63) is 47.2 Å². The van der Waals surface area contributed by atoms with E-state index in [1.807, 2.05) is 18.2 Å². The summed E-state index contributed by atoms with van der Waals surface area (Å²) in [5, 5.41) is 6.24. The molecule has 0 bridgehead atoms. The molecule has 1 N–H and O–H groups in total. The quantitative estimate of drug-likeness (QED) is 0.689. The van der Waals surface area contributed by atoms with Gasteiger partial charge < -0.3 is 19.5 Å². The third kappa shape index (κ3) is 5.83. The van der Waals surface area contributed by atoms with Gasteiger partial charge >= 0.3 is 5.97 Å². The number of hydrogen-bond acceptors (Lipinski definition) is 7. The number of fused-ring (bicyclic) bond motifs is 1. The van der Waals surface area contributed by atoms with Gasteiger partial charge in [-0.1, -0.05) is 29.4 Å². The van der Waals surface area contributed by atoms with E-state index in [4.69, 9.17) is 9.26 Å². The smallest absolute Gasteiger partial charge is 0.316 e. The Morgan fingerprint density at radius 2 is 2.03 bits per heavy atom. The lowest BCUT2D eigenvalue weighted by Gasteiger charge is -2.30.